The minimum absolute atomic E-state index is 0.0884. The third-order valence-electron chi connectivity index (χ3n) is 5.24. The van der Waals surface area contributed by atoms with Crippen molar-refractivity contribution in [1.29, 1.82) is 0 Å². The molecule has 2 saturated heterocycles. The summed E-state index contributed by atoms with van der Waals surface area (Å²) in [6.45, 7) is 5.20. The molecule has 0 bridgehead atoms. The molecule has 1 aromatic heterocycles. The summed E-state index contributed by atoms with van der Waals surface area (Å²) in [6, 6.07) is 12.5. The number of benzene rings is 1. The molecule has 2 fully saturated rings. The van der Waals surface area contributed by atoms with Gasteiger partial charge < -0.3 is 14.5 Å². The Kier molecular flexibility index (Phi) is 4.93. The average molecular weight is 354 g/mol. The third kappa shape index (κ3) is 3.75. The molecular weight excluding hydrogens is 328 g/mol. The molecular formula is C20H26N4O2. The zero-order chi connectivity index (χ0) is 17.9. The number of morpholine rings is 1. The molecule has 2 aliphatic heterocycles. The van der Waals surface area contributed by atoms with Crippen LogP contribution in [0.3, 0.4) is 0 Å². The first-order chi connectivity index (χ1) is 12.7. The topological polar surface area (TPSA) is 61.5 Å². The highest BCUT2D eigenvalue weighted by Crippen LogP contribution is 2.26. The van der Waals surface area contributed by atoms with Crippen molar-refractivity contribution in [2.24, 2.45) is 0 Å². The Labute approximate surface area is 153 Å². The summed E-state index contributed by atoms with van der Waals surface area (Å²) in [5.41, 5.74) is 1.24. The van der Waals surface area contributed by atoms with Crippen LogP contribution in [0.1, 0.15) is 25.3 Å². The lowest BCUT2D eigenvalue weighted by molar-refractivity contribution is 0.0529. The number of rotatable bonds is 4. The van der Waals surface area contributed by atoms with E-state index in [1.807, 2.05) is 6.07 Å². The van der Waals surface area contributed by atoms with Crippen LogP contribution >= 0.6 is 0 Å². The lowest BCUT2D eigenvalue weighted by Gasteiger charge is -2.33. The van der Waals surface area contributed by atoms with Crippen LogP contribution in [-0.4, -0.2) is 48.4 Å². The quantitative estimate of drug-likeness (QED) is 0.912. The van der Waals surface area contributed by atoms with Crippen LogP contribution < -0.4 is 15.4 Å². The molecule has 0 aliphatic carbocycles. The molecule has 0 saturated carbocycles. The highest BCUT2D eigenvalue weighted by atomic mass is 16.5. The molecule has 2 aromatic rings. The van der Waals surface area contributed by atoms with E-state index in [4.69, 9.17) is 9.72 Å². The van der Waals surface area contributed by atoms with E-state index in [9.17, 15) is 4.79 Å². The predicted octanol–water partition coefficient (Wildman–Crippen LogP) is 2.21. The standard InChI is InChI=1S/C20H26N4O2/c1-15-14-23(10-11-26-15)18-13-19(25)22-20(21-18)24-9-5-8-17(24)12-16-6-3-2-4-7-16/h2-4,6-7,13,15,17H,5,8-12,14H2,1H3,(H,21,22,25)/t15-,17-/m1/s1. The summed E-state index contributed by atoms with van der Waals surface area (Å²) < 4.78 is 5.61. The highest BCUT2D eigenvalue weighted by molar-refractivity contribution is 5.45. The molecule has 1 aromatic carbocycles. The van der Waals surface area contributed by atoms with Crippen molar-refractivity contribution in [3.63, 3.8) is 0 Å². The van der Waals surface area contributed by atoms with Gasteiger partial charge >= 0.3 is 0 Å². The van der Waals surface area contributed by atoms with Gasteiger partial charge in [-0.15, -0.1) is 0 Å². The SMILES string of the molecule is C[C@@H]1CN(c2cc(=O)[nH]c(N3CCC[C@@H]3Cc3ccccc3)n2)CCO1. The number of H-pyrrole nitrogens is 1. The van der Waals surface area contributed by atoms with Gasteiger partial charge in [-0.25, -0.2) is 0 Å². The van der Waals surface area contributed by atoms with Crippen LogP contribution in [0.15, 0.2) is 41.2 Å². The first-order valence-corrected chi connectivity index (χ1v) is 9.47. The van der Waals surface area contributed by atoms with Crippen LogP contribution in [0.25, 0.3) is 0 Å². The molecule has 0 amide bonds. The zero-order valence-electron chi connectivity index (χ0n) is 15.2. The van der Waals surface area contributed by atoms with E-state index in [2.05, 4.69) is 46.0 Å². The number of aromatic nitrogens is 2. The van der Waals surface area contributed by atoms with Crippen molar-refractivity contribution in [3.8, 4) is 0 Å². The van der Waals surface area contributed by atoms with Crippen molar-refractivity contribution in [3.05, 3.63) is 52.3 Å². The number of hydrogen-bond acceptors (Lipinski definition) is 5. The Balaban J connectivity index is 1.57. The predicted molar refractivity (Wildman–Crippen MR) is 103 cm³/mol. The molecule has 6 nitrogen and oxygen atoms in total. The van der Waals surface area contributed by atoms with Crippen molar-refractivity contribution in [1.82, 2.24) is 9.97 Å². The van der Waals surface area contributed by atoms with Crippen LogP contribution in [-0.2, 0) is 11.2 Å². The van der Waals surface area contributed by atoms with Crippen LogP contribution in [0.5, 0.6) is 0 Å². The van der Waals surface area contributed by atoms with Gasteiger partial charge in [0.15, 0.2) is 0 Å². The number of hydrogen-bond donors (Lipinski definition) is 1. The largest absolute Gasteiger partial charge is 0.375 e. The molecule has 0 spiro atoms. The van der Waals surface area contributed by atoms with Crippen LogP contribution in [0.4, 0.5) is 11.8 Å². The second-order valence-electron chi connectivity index (χ2n) is 7.23. The number of aromatic amines is 1. The van der Waals surface area contributed by atoms with Crippen molar-refractivity contribution in [2.45, 2.75) is 38.3 Å². The van der Waals surface area contributed by atoms with Crippen molar-refractivity contribution >= 4 is 11.8 Å². The average Bonchev–Trinajstić information content (AvgIpc) is 3.10. The number of nitrogens with zero attached hydrogens (tertiary/aromatic N) is 3. The summed E-state index contributed by atoms with van der Waals surface area (Å²) in [5.74, 6) is 1.45. The van der Waals surface area contributed by atoms with Crippen LogP contribution in [0, 0.1) is 0 Å². The molecule has 138 valence electrons. The van der Waals surface area contributed by atoms with Crippen molar-refractivity contribution in [2.75, 3.05) is 36.0 Å². The Morgan fingerprint density at radius 1 is 1.27 bits per heavy atom. The van der Waals surface area contributed by atoms with E-state index in [1.165, 1.54) is 5.56 Å². The van der Waals surface area contributed by atoms with Gasteiger partial charge in [-0.05, 0) is 31.7 Å². The lowest BCUT2D eigenvalue weighted by atomic mass is 10.0. The minimum atomic E-state index is -0.0884. The van der Waals surface area contributed by atoms with Gasteiger partial charge in [0.25, 0.3) is 5.56 Å². The van der Waals surface area contributed by atoms with Gasteiger partial charge in [0.1, 0.15) is 5.82 Å². The fourth-order valence-corrected chi connectivity index (χ4v) is 3.97. The monoisotopic (exact) mass is 354 g/mol. The number of ether oxygens (including phenoxy) is 1. The minimum Gasteiger partial charge on any atom is -0.375 e. The van der Waals surface area contributed by atoms with Crippen molar-refractivity contribution < 1.29 is 4.74 Å². The fraction of sp³-hybridized carbons (Fsp3) is 0.500. The van der Waals surface area contributed by atoms with Gasteiger partial charge in [-0.3, -0.25) is 9.78 Å². The molecule has 26 heavy (non-hydrogen) atoms. The molecule has 0 radical (unpaired) electrons. The second kappa shape index (κ2) is 7.50. The normalized spacial score (nSPS) is 23.4. The summed E-state index contributed by atoms with van der Waals surface area (Å²) in [4.78, 5) is 24.5. The fourth-order valence-electron chi connectivity index (χ4n) is 3.97. The van der Waals surface area contributed by atoms with E-state index in [1.54, 1.807) is 6.07 Å². The van der Waals surface area contributed by atoms with Gasteiger partial charge in [-0.1, -0.05) is 30.3 Å². The molecule has 3 heterocycles. The van der Waals surface area contributed by atoms with E-state index in [0.717, 1.165) is 44.7 Å². The zero-order valence-corrected chi connectivity index (χ0v) is 15.2. The molecule has 1 N–H and O–H groups in total. The maximum absolute atomic E-state index is 12.3. The van der Waals surface area contributed by atoms with Gasteiger partial charge in [0, 0.05) is 31.7 Å². The summed E-state index contributed by atoms with van der Waals surface area (Å²) in [5, 5.41) is 0. The Morgan fingerprint density at radius 2 is 2.12 bits per heavy atom. The summed E-state index contributed by atoms with van der Waals surface area (Å²) in [7, 11) is 0. The molecule has 4 rings (SSSR count). The van der Waals surface area contributed by atoms with E-state index >= 15 is 0 Å². The van der Waals surface area contributed by atoms with Gasteiger partial charge in [0.05, 0.1) is 12.7 Å². The Bertz CT molecular complexity index is 792. The van der Waals surface area contributed by atoms with E-state index < -0.39 is 0 Å². The lowest BCUT2D eigenvalue weighted by Crippen LogP contribution is -2.42. The molecule has 2 atom stereocenters. The Hall–Kier alpha value is -2.34. The molecule has 0 unspecified atom stereocenters. The first kappa shape index (κ1) is 17.1. The van der Waals surface area contributed by atoms with E-state index in [0.29, 0.717) is 18.6 Å². The van der Waals surface area contributed by atoms with E-state index in [-0.39, 0.29) is 11.7 Å². The molecule has 2 aliphatic rings. The Morgan fingerprint density at radius 3 is 2.92 bits per heavy atom. The molecule has 6 heteroatoms. The highest BCUT2D eigenvalue weighted by Gasteiger charge is 2.28. The smallest absolute Gasteiger partial charge is 0.254 e. The third-order valence-corrected chi connectivity index (χ3v) is 5.24. The maximum Gasteiger partial charge on any atom is 0.254 e. The maximum atomic E-state index is 12.3. The summed E-state index contributed by atoms with van der Waals surface area (Å²) in [6.07, 6.45) is 3.38. The van der Waals surface area contributed by atoms with Gasteiger partial charge in [-0.2, -0.15) is 4.98 Å². The number of nitrogens with one attached hydrogen (secondary N) is 1. The van der Waals surface area contributed by atoms with Crippen LogP contribution in [0.2, 0.25) is 0 Å². The second-order valence-corrected chi connectivity index (χ2v) is 7.23. The number of anilines is 2. The first-order valence-electron chi connectivity index (χ1n) is 9.47. The summed E-state index contributed by atoms with van der Waals surface area (Å²) >= 11 is 0. The van der Waals surface area contributed by atoms with Gasteiger partial charge in [0.2, 0.25) is 5.95 Å².